The van der Waals surface area contributed by atoms with Gasteiger partial charge in [0.1, 0.15) is 5.78 Å². The Morgan fingerprint density at radius 2 is 2.27 bits per heavy atom. The maximum atomic E-state index is 11.0. The van der Waals surface area contributed by atoms with Crippen LogP contribution < -0.4 is 0 Å². The third-order valence-corrected chi connectivity index (χ3v) is 2.77. The topological polar surface area (TPSA) is 17.1 Å². The highest BCUT2D eigenvalue weighted by atomic mass is 16.1. The summed E-state index contributed by atoms with van der Waals surface area (Å²) in [6, 6.07) is 0. The molecular weight excluding hydrogens is 136 g/mol. The van der Waals surface area contributed by atoms with E-state index in [4.69, 9.17) is 0 Å². The van der Waals surface area contributed by atoms with Gasteiger partial charge in [-0.15, -0.1) is 0 Å². The Hall–Kier alpha value is -0.330. The van der Waals surface area contributed by atoms with E-state index in [1.54, 1.807) is 0 Å². The second-order valence-electron chi connectivity index (χ2n) is 4.13. The number of Topliss-reactive ketones (excluding diaryl/α,β-unsaturated/α-hetero) is 1. The van der Waals surface area contributed by atoms with Crippen molar-refractivity contribution >= 4 is 5.78 Å². The molecule has 0 aliphatic heterocycles. The largest absolute Gasteiger partial charge is 0.300 e. The number of carbonyl (C=O) groups is 1. The summed E-state index contributed by atoms with van der Waals surface area (Å²) in [5.41, 5.74) is 0.368. The van der Waals surface area contributed by atoms with Crippen LogP contribution in [0.5, 0.6) is 0 Å². The minimum Gasteiger partial charge on any atom is -0.300 e. The number of carbonyl (C=O) groups excluding carboxylic acids is 1. The number of unbranched alkanes of at least 4 members (excludes halogenated alkanes) is 1. The van der Waals surface area contributed by atoms with E-state index in [9.17, 15) is 4.79 Å². The minimum atomic E-state index is 0.368. The summed E-state index contributed by atoms with van der Waals surface area (Å²) >= 11 is 0. The molecule has 0 amide bonds. The third-order valence-electron chi connectivity index (χ3n) is 2.77. The lowest BCUT2D eigenvalue weighted by atomic mass is 9.83. The Morgan fingerprint density at radius 1 is 1.55 bits per heavy atom. The minimum absolute atomic E-state index is 0.368. The SMILES string of the molecule is CCCC[C@@]1(C)CCC(=O)C1. The van der Waals surface area contributed by atoms with Gasteiger partial charge in [0, 0.05) is 12.8 Å². The summed E-state index contributed by atoms with van der Waals surface area (Å²) in [6.07, 6.45) is 6.59. The van der Waals surface area contributed by atoms with Gasteiger partial charge < -0.3 is 0 Å². The predicted molar refractivity (Wildman–Crippen MR) is 46.5 cm³/mol. The van der Waals surface area contributed by atoms with E-state index in [1.807, 2.05) is 0 Å². The van der Waals surface area contributed by atoms with Crippen LogP contribution in [-0.4, -0.2) is 5.78 Å². The zero-order valence-electron chi connectivity index (χ0n) is 7.65. The molecule has 1 atom stereocenters. The molecule has 11 heavy (non-hydrogen) atoms. The Morgan fingerprint density at radius 3 is 2.73 bits per heavy atom. The highest BCUT2D eigenvalue weighted by Gasteiger charge is 2.32. The molecule has 64 valence electrons. The van der Waals surface area contributed by atoms with Crippen molar-refractivity contribution in [1.82, 2.24) is 0 Å². The van der Waals surface area contributed by atoms with Gasteiger partial charge in [-0.2, -0.15) is 0 Å². The first-order chi connectivity index (χ1) is 5.16. The molecule has 0 N–H and O–H groups in total. The maximum Gasteiger partial charge on any atom is 0.133 e. The third kappa shape index (κ3) is 2.32. The average Bonchev–Trinajstić information content (AvgIpc) is 2.28. The molecule has 0 aromatic heterocycles. The van der Waals surface area contributed by atoms with E-state index in [0.29, 0.717) is 11.2 Å². The molecule has 1 nitrogen and oxygen atoms in total. The normalized spacial score (nSPS) is 31.3. The summed E-state index contributed by atoms with van der Waals surface area (Å²) in [6.45, 7) is 4.47. The van der Waals surface area contributed by atoms with E-state index in [1.165, 1.54) is 19.3 Å². The molecule has 1 rings (SSSR count). The summed E-state index contributed by atoms with van der Waals surface area (Å²) in [7, 11) is 0. The Balaban J connectivity index is 2.35. The predicted octanol–water partition coefficient (Wildman–Crippen LogP) is 2.94. The van der Waals surface area contributed by atoms with Gasteiger partial charge in [0.15, 0.2) is 0 Å². The van der Waals surface area contributed by atoms with E-state index in [-0.39, 0.29) is 0 Å². The van der Waals surface area contributed by atoms with Gasteiger partial charge in [0.2, 0.25) is 0 Å². The second-order valence-corrected chi connectivity index (χ2v) is 4.13. The molecule has 1 aliphatic rings. The van der Waals surface area contributed by atoms with Crippen LogP contribution in [0.15, 0.2) is 0 Å². The van der Waals surface area contributed by atoms with Crippen molar-refractivity contribution in [3.05, 3.63) is 0 Å². The number of ketones is 1. The van der Waals surface area contributed by atoms with Crippen molar-refractivity contribution in [2.24, 2.45) is 5.41 Å². The fourth-order valence-corrected chi connectivity index (χ4v) is 1.91. The first kappa shape index (κ1) is 8.76. The fourth-order valence-electron chi connectivity index (χ4n) is 1.91. The molecule has 0 heterocycles. The van der Waals surface area contributed by atoms with Crippen LogP contribution in [0.4, 0.5) is 0 Å². The monoisotopic (exact) mass is 154 g/mol. The molecule has 0 aromatic rings. The summed E-state index contributed by atoms with van der Waals surface area (Å²) in [5.74, 6) is 0.476. The molecule has 0 aromatic carbocycles. The highest BCUT2D eigenvalue weighted by Crippen LogP contribution is 2.39. The van der Waals surface area contributed by atoms with Crippen molar-refractivity contribution in [2.75, 3.05) is 0 Å². The Labute approximate surface area is 69.2 Å². The number of hydrogen-bond acceptors (Lipinski definition) is 1. The molecule has 0 spiro atoms. The number of hydrogen-bond donors (Lipinski definition) is 0. The molecule has 0 saturated heterocycles. The first-order valence-electron chi connectivity index (χ1n) is 4.68. The fraction of sp³-hybridized carbons (Fsp3) is 0.900. The Kier molecular flexibility index (Phi) is 2.69. The van der Waals surface area contributed by atoms with Crippen molar-refractivity contribution in [1.29, 1.82) is 0 Å². The van der Waals surface area contributed by atoms with Gasteiger partial charge in [-0.1, -0.05) is 26.7 Å². The quantitative estimate of drug-likeness (QED) is 0.611. The molecule has 0 bridgehead atoms. The molecule has 0 unspecified atom stereocenters. The van der Waals surface area contributed by atoms with Gasteiger partial charge in [-0.3, -0.25) is 4.79 Å². The van der Waals surface area contributed by atoms with E-state index >= 15 is 0 Å². The zero-order valence-corrected chi connectivity index (χ0v) is 7.65. The van der Waals surface area contributed by atoms with E-state index < -0.39 is 0 Å². The van der Waals surface area contributed by atoms with Crippen LogP contribution in [0, 0.1) is 5.41 Å². The molecule has 0 radical (unpaired) electrons. The standard InChI is InChI=1S/C10H18O/c1-3-4-6-10(2)7-5-9(11)8-10/h3-8H2,1-2H3/t10-/m0/s1. The van der Waals surface area contributed by atoms with E-state index in [0.717, 1.165) is 19.3 Å². The average molecular weight is 154 g/mol. The van der Waals surface area contributed by atoms with Crippen molar-refractivity contribution < 1.29 is 4.79 Å². The van der Waals surface area contributed by atoms with Gasteiger partial charge in [-0.05, 0) is 18.3 Å². The van der Waals surface area contributed by atoms with Gasteiger partial charge in [-0.25, -0.2) is 0 Å². The van der Waals surface area contributed by atoms with Crippen LogP contribution in [0.1, 0.15) is 52.4 Å². The maximum absolute atomic E-state index is 11.0. The summed E-state index contributed by atoms with van der Waals surface area (Å²) in [4.78, 5) is 11.0. The zero-order chi connectivity index (χ0) is 8.32. The second kappa shape index (κ2) is 3.38. The van der Waals surface area contributed by atoms with Gasteiger partial charge >= 0.3 is 0 Å². The van der Waals surface area contributed by atoms with Crippen molar-refractivity contribution in [3.63, 3.8) is 0 Å². The lowest BCUT2D eigenvalue weighted by molar-refractivity contribution is -0.118. The summed E-state index contributed by atoms with van der Waals surface area (Å²) < 4.78 is 0. The van der Waals surface area contributed by atoms with Crippen LogP contribution in [0.3, 0.4) is 0 Å². The molecule has 1 saturated carbocycles. The lowest BCUT2D eigenvalue weighted by Crippen LogP contribution is -2.11. The smallest absolute Gasteiger partial charge is 0.133 e. The van der Waals surface area contributed by atoms with Crippen molar-refractivity contribution in [3.8, 4) is 0 Å². The van der Waals surface area contributed by atoms with Crippen molar-refractivity contribution in [2.45, 2.75) is 52.4 Å². The Bertz CT molecular complexity index is 151. The van der Waals surface area contributed by atoms with Crippen LogP contribution in [0.2, 0.25) is 0 Å². The highest BCUT2D eigenvalue weighted by molar-refractivity contribution is 5.81. The van der Waals surface area contributed by atoms with Gasteiger partial charge in [0.25, 0.3) is 0 Å². The molecular formula is C10H18O. The molecule has 1 fully saturated rings. The first-order valence-corrected chi connectivity index (χ1v) is 4.68. The van der Waals surface area contributed by atoms with E-state index in [2.05, 4.69) is 13.8 Å². The van der Waals surface area contributed by atoms with Crippen LogP contribution in [-0.2, 0) is 4.79 Å². The van der Waals surface area contributed by atoms with Gasteiger partial charge in [0.05, 0.1) is 0 Å². The number of rotatable bonds is 3. The summed E-state index contributed by atoms with van der Waals surface area (Å²) in [5, 5.41) is 0. The molecule has 1 heteroatoms. The van der Waals surface area contributed by atoms with Crippen LogP contribution >= 0.6 is 0 Å². The van der Waals surface area contributed by atoms with Crippen LogP contribution in [0.25, 0.3) is 0 Å². The lowest BCUT2D eigenvalue weighted by Gasteiger charge is -2.21. The molecule has 1 aliphatic carbocycles.